The Labute approximate surface area is 159 Å². The SMILES string of the molecule is COC(=O)c1ccc(Nc2ccc(C(=O)Nc3c(F)cccc3F)nc2)cc1. The molecule has 142 valence electrons. The molecule has 0 aliphatic rings. The molecule has 0 saturated carbocycles. The molecule has 0 radical (unpaired) electrons. The Morgan fingerprint density at radius 2 is 1.57 bits per heavy atom. The van der Waals surface area contributed by atoms with E-state index in [0.29, 0.717) is 16.9 Å². The fraction of sp³-hybridized carbons (Fsp3) is 0.0500. The van der Waals surface area contributed by atoms with Gasteiger partial charge in [0.25, 0.3) is 5.91 Å². The van der Waals surface area contributed by atoms with Gasteiger partial charge in [0.15, 0.2) is 0 Å². The third kappa shape index (κ3) is 4.29. The van der Waals surface area contributed by atoms with E-state index in [9.17, 15) is 18.4 Å². The van der Waals surface area contributed by atoms with E-state index < -0.39 is 29.2 Å². The molecule has 1 heterocycles. The molecule has 0 bridgehead atoms. The molecule has 0 atom stereocenters. The normalized spacial score (nSPS) is 10.2. The fourth-order valence-corrected chi connectivity index (χ4v) is 2.37. The van der Waals surface area contributed by atoms with E-state index in [-0.39, 0.29) is 5.69 Å². The van der Waals surface area contributed by atoms with E-state index in [0.717, 1.165) is 12.1 Å². The summed E-state index contributed by atoms with van der Waals surface area (Å²) in [4.78, 5) is 27.6. The predicted molar refractivity (Wildman–Crippen MR) is 99.6 cm³/mol. The highest BCUT2D eigenvalue weighted by molar-refractivity contribution is 6.03. The van der Waals surface area contributed by atoms with Crippen molar-refractivity contribution >= 4 is 28.9 Å². The largest absolute Gasteiger partial charge is 0.465 e. The molecule has 3 aromatic rings. The Kier molecular flexibility index (Phi) is 5.59. The quantitative estimate of drug-likeness (QED) is 0.647. The Morgan fingerprint density at radius 1 is 0.929 bits per heavy atom. The number of carbonyl (C=O) groups is 2. The molecular weight excluding hydrogens is 368 g/mol. The van der Waals surface area contributed by atoms with Crippen molar-refractivity contribution in [3.05, 3.63) is 83.7 Å². The molecule has 2 N–H and O–H groups in total. The van der Waals surface area contributed by atoms with Crippen LogP contribution in [0.25, 0.3) is 0 Å². The number of para-hydroxylation sites is 1. The predicted octanol–water partition coefficient (Wildman–Crippen LogP) is 4.14. The number of pyridine rings is 1. The summed E-state index contributed by atoms with van der Waals surface area (Å²) in [6, 6.07) is 12.9. The van der Waals surface area contributed by atoms with Crippen LogP contribution in [0.4, 0.5) is 25.8 Å². The molecule has 0 spiro atoms. The second-order valence-corrected chi connectivity index (χ2v) is 5.68. The van der Waals surface area contributed by atoms with Gasteiger partial charge in [-0.3, -0.25) is 4.79 Å². The van der Waals surface area contributed by atoms with Gasteiger partial charge in [0.2, 0.25) is 0 Å². The molecule has 28 heavy (non-hydrogen) atoms. The van der Waals surface area contributed by atoms with Crippen LogP contribution in [0.5, 0.6) is 0 Å². The van der Waals surface area contributed by atoms with Gasteiger partial charge in [-0.2, -0.15) is 0 Å². The summed E-state index contributed by atoms with van der Waals surface area (Å²) in [7, 11) is 1.30. The number of methoxy groups -OCH3 is 1. The maximum absolute atomic E-state index is 13.6. The summed E-state index contributed by atoms with van der Waals surface area (Å²) < 4.78 is 31.9. The first-order valence-electron chi connectivity index (χ1n) is 8.15. The summed E-state index contributed by atoms with van der Waals surface area (Å²) in [5, 5.41) is 5.23. The number of nitrogens with one attached hydrogen (secondary N) is 2. The fourth-order valence-electron chi connectivity index (χ4n) is 2.37. The molecule has 0 saturated heterocycles. The minimum Gasteiger partial charge on any atom is -0.465 e. The highest BCUT2D eigenvalue weighted by Crippen LogP contribution is 2.20. The lowest BCUT2D eigenvalue weighted by Crippen LogP contribution is -2.15. The van der Waals surface area contributed by atoms with Crippen molar-refractivity contribution in [3.8, 4) is 0 Å². The maximum Gasteiger partial charge on any atom is 0.337 e. The molecule has 0 aliphatic heterocycles. The summed E-state index contributed by atoms with van der Waals surface area (Å²) in [5.41, 5.74) is 1.16. The number of benzene rings is 2. The molecule has 1 aromatic heterocycles. The van der Waals surface area contributed by atoms with Gasteiger partial charge in [0, 0.05) is 5.69 Å². The minimum absolute atomic E-state index is 0.00533. The zero-order chi connectivity index (χ0) is 20.1. The molecule has 0 aliphatic carbocycles. The number of halogens is 2. The van der Waals surface area contributed by atoms with Gasteiger partial charge in [0.05, 0.1) is 24.6 Å². The van der Waals surface area contributed by atoms with Crippen LogP contribution in [0.1, 0.15) is 20.8 Å². The average Bonchev–Trinajstić information content (AvgIpc) is 2.71. The van der Waals surface area contributed by atoms with E-state index in [1.807, 2.05) is 0 Å². The molecule has 1 amide bonds. The first-order valence-corrected chi connectivity index (χ1v) is 8.15. The van der Waals surface area contributed by atoms with Gasteiger partial charge < -0.3 is 15.4 Å². The first-order chi connectivity index (χ1) is 13.5. The lowest BCUT2D eigenvalue weighted by Gasteiger charge is -2.09. The Bertz CT molecular complexity index is 986. The summed E-state index contributed by atoms with van der Waals surface area (Å²) >= 11 is 0. The van der Waals surface area contributed by atoms with Crippen molar-refractivity contribution < 1.29 is 23.1 Å². The smallest absolute Gasteiger partial charge is 0.337 e. The standard InChI is InChI=1S/C20H15F2N3O3/c1-28-20(27)12-5-7-13(8-6-12)24-14-9-10-17(23-11-14)19(26)25-18-15(21)3-2-4-16(18)22/h2-11,24H,1H3,(H,25,26). The van der Waals surface area contributed by atoms with Crippen molar-refractivity contribution in [2.24, 2.45) is 0 Å². The first kappa shape index (κ1) is 19.0. The Morgan fingerprint density at radius 3 is 2.14 bits per heavy atom. The maximum atomic E-state index is 13.6. The molecule has 0 unspecified atom stereocenters. The van der Waals surface area contributed by atoms with Crippen LogP contribution in [-0.2, 0) is 4.74 Å². The van der Waals surface area contributed by atoms with Gasteiger partial charge in [-0.15, -0.1) is 0 Å². The average molecular weight is 383 g/mol. The van der Waals surface area contributed by atoms with Gasteiger partial charge in [-0.05, 0) is 48.5 Å². The number of amides is 1. The second kappa shape index (κ2) is 8.26. The molecule has 8 heteroatoms. The Hall–Kier alpha value is -3.81. The number of hydrogen-bond donors (Lipinski definition) is 2. The van der Waals surface area contributed by atoms with Crippen LogP contribution in [-0.4, -0.2) is 24.0 Å². The van der Waals surface area contributed by atoms with Gasteiger partial charge in [-0.25, -0.2) is 18.6 Å². The van der Waals surface area contributed by atoms with E-state index >= 15 is 0 Å². The Balaban J connectivity index is 1.68. The molecule has 6 nitrogen and oxygen atoms in total. The van der Waals surface area contributed by atoms with Crippen molar-refractivity contribution in [1.29, 1.82) is 0 Å². The van der Waals surface area contributed by atoms with Crippen LogP contribution in [0.2, 0.25) is 0 Å². The lowest BCUT2D eigenvalue weighted by atomic mass is 10.2. The van der Waals surface area contributed by atoms with Crippen molar-refractivity contribution in [2.45, 2.75) is 0 Å². The van der Waals surface area contributed by atoms with E-state index in [1.165, 1.54) is 25.4 Å². The van der Waals surface area contributed by atoms with Crippen LogP contribution >= 0.6 is 0 Å². The third-order valence-electron chi connectivity index (χ3n) is 3.79. The summed E-state index contributed by atoms with van der Waals surface area (Å²) in [6.07, 6.45) is 1.40. The van der Waals surface area contributed by atoms with E-state index in [2.05, 4.69) is 20.4 Å². The summed E-state index contributed by atoms with van der Waals surface area (Å²) in [6.45, 7) is 0. The molecule has 3 rings (SSSR count). The zero-order valence-corrected chi connectivity index (χ0v) is 14.7. The number of esters is 1. The second-order valence-electron chi connectivity index (χ2n) is 5.68. The minimum atomic E-state index is -0.873. The number of rotatable bonds is 5. The van der Waals surface area contributed by atoms with Crippen LogP contribution < -0.4 is 10.6 Å². The van der Waals surface area contributed by atoms with Crippen LogP contribution in [0.15, 0.2) is 60.8 Å². The van der Waals surface area contributed by atoms with Gasteiger partial charge in [-0.1, -0.05) is 6.07 Å². The number of aromatic nitrogens is 1. The number of hydrogen-bond acceptors (Lipinski definition) is 5. The highest BCUT2D eigenvalue weighted by Gasteiger charge is 2.14. The van der Waals surface area contributed by atoms with Crippen LogP contribution in [0.3, 0.4) is 0 Å². The topological polar surface area (TPSA) is 80.3 Å². The van der Waals surface area contributed by atoms with Crippen molar-refractivity contribution in [1.82, 2.24) is 4.98 Å². The van der Waals surface area contributed by atoms with Gasteiger partial charge in [0.1, 0.15) is 23.0 Å². The van der Waals surface area contributed by atoms with E-state index in [1.54, 1.807) is 30.3 Å². The zero-order valence-electron chi connectivity index (χ0n) is 14.7. The summed E-state index contributed by atoms with van der Waals surface area (Å²) in [5.74, 6) is -2.92. The molecule has 2 aromatic carbocycles. The molecular formula is C20H15F2N3O3. The van der Waals surface area contributed by atoms with Crippen LogP contribution in [0, 0.1) is 11.6 Å². The van der Waals surface area contributed by atoms with Gasteiger partial charge >= 0.3 is 5.97 Å². The van der Waals surface area contributed by atoms with Crippen molar-refractivity contribution in [3.63, 3.8) is 0 Å². The third-order valence-corrected chi connectivity index (χ3v) is 3.79. The monoisotopic (exact) mass is 383 g/mol. The molecule has 0 fully saturated rings. The number of carbonyl (C=O) groups excluding carboxylic acids is 2. The van der Waals surface area contributed by atoms with Crippen molar-refractivity contribution in [2.75, 3.05) is 17.7 Å². The highest BCUT2D eigenvalue weighted by atomic mass is 19.1. The van der Waals surface area contributed by atoms with E-state index in [4.69, 9.17) is 0 Å². The lowest BCUT2D eigenvalue weighted by molar-refractivity contribution is 0.0600. The number of ether oxygens (including phenoxy) is 1. The number of anilines is 3. The number of nitrogens with zero attached hydrogens (tertiary/aromatic N) is 1.